The quantitative estimate of drug-likeness (QED) is 0.00616. The fraction of sp³-hybridized carbons (Fsp3) is 0.513. The number of methoxy groups -OCH3 is 4. The molecule has 0 saturated carbocycles. The van der Waals surface area contributed by atoms with Crippen LogP contribution in [0.4, 0.5) is 11.4 Å². The molecule has 582 valence electrons. The number of nitrogens with one attached hydrogen (secondary N) is 2. The molecule has 4 amide bonds. The SMILES string of the molecule is CCC(C)(C)C(=O)C(=O)N1CCCC[C@H]1C(=O)O[C@H](CCc1ccc(OC)c(OC)c1)c1cccc(NC(=O)CCSSCCN(C)C)c1.CCC(C)(C)C(=O)C(=O)N1CCCC[C@H]1C(=O)O[C@H](CCc1ccc(OC)c(OC)c1)c1cccc(NC(=O)CCSSc2ccccn2)c1.NCCS.O=CO. The van der Waals surface area contributed by atoms with E-state index >= 15 is 0 Å². The van der Waals surface area contributed by atoms with Crippen LogP contribution in [0.3, 0.4) is 0 Å². The lowest BCUT2D eigenvalue weighted by molar-refractivity contribution is -0.165. The number of carbonyl (C=O) groups is 9. The van der Waals surface area contributed by atoms with Crippen molar-refractivity contribution in [1.29, 1.82) is 0 Å². The third-order valence-corrected chi connectivity index (χ3v) is 22.7. The van der Waals surface area contributed by atoms with E-state index in [1.54, 1.807) is 101 Å². The molecule has 5 N–H and O–H groups in total. The average Bonchev–Trinajstić information content (AvgIpc) is 0.811. The third kappa shape index (κ3) is 30.7. The summed E-state index contributed by atoms with van der Waals surface area (Å²) in [6.07, 6.45) is 7.77. The zero-order chi connectivity index (χ0) is 78.2. The Balaban J connectivity index is 0.000000412. The number of hydrogen-bond acceptors (Lipinski definition) is 23. The summed E-state index contributed by atoms with van der Waals surface area (Å²) in [5, 5.41) is 13.7. The first kappa shape index (κ1) is 90.9. The van der Waals surface area contributed by atoms with Gasteiger partial charge in [-0.1, -0.05) is 116 Å². The van der Waals surface area contributed by atoms with Crippen molar-refractivity contribution in [1.82, 2.24) is 19.7 Å². The Morgan fingerprint density at radius 1 is 0.613 bits per heavy atom. The fourth-order valence-corrected chi connectivity index (χ4v) is 14.9. The molecular weight excluding hydrogens is 1450 g/mol. The van der Waals surface area contributed by atoms with Gasteiger partial charge in [-0.3, -0.25) is 33.6 Å². The highest BCUT2D eigenvalue weighted by molar-refractivity contribution is 8.77. The first-order valence-electron chi connectivity index (χ1n) is 35.6. The highest BCUT2D eigenvalue weighted by Crippen LogP contribution is 2.37. The van der Waals surface area contributed by atoms with Crippen molar-refractivity contribution in [3.63, 3.8) is 0 Å². The molecule has 2 saturated heterocycles. The Kier molecular flexibility index (Phi) is 41.8. The number of ketones is 2. The topological polar surface area (TPSA) is 302 Å². The smallest absolute Gasteiger partial charge is 0.329 e. The number of carbonyl (C=O) groups excluding carboxylic acids is 8. The van der Waals surface area contributed by atoms with Crippen LogP contribution in [0.5, 0.6) is 23.0 Å². The predicted octanol–water partition coefficient (Wildman–Crippen LogP) is 13.6. The van der Waals surface area contributed by atoms with Crippen molar-refractivity contribution in [3.05, 3.63) is 132 Å². The molecule has 3 heterocycles. The predicted molar refractivity (Wildman–Crippen MR) is 427 cm³/mol. The highest BCUT2D eigenvalue weighted by atomic mass is 33.1. The number of carboxylic acid groups (broad SMARTS) is 1. The van der Waals surface area contributed by atoms with Gasteiger partial charge in [0.2, 0.25) is 23.4 Å². The average molecular weight is 1560 g/mol. The largest absolute Gasteiger partial charge is 0.493 e. The van der Waals surface area contributed by atoms with E-state index in [1.165, 1.54) is 20.6 Å². The number of hydrogen-bond donors (Lipinski definition) is 5. The summed E-state index contributed by atoms with van der Waals surface area (Å²) in [7, 11) is 16.9. The van der Waals surface area contributed by atoms with Gasteiger partial charge in [-0.25, -0.2) is 14.6 Å². The Bertz CT molecular complexity index is 3590. The summed E-state index contributed by atoms with van der Waals surface area (Å²) in [6.45, 7) is 12.8. The lowest BCUT2D eigenvalue weighted by atomic mass is 9.84. The van der Waals surface area contributed by atoms with Gasteiger partial charge in [0.1, 0.15) is 29.3 Å². The molecule has 23 nitrogen and oxygen atoms in total. The van der Waals surface area contributed by atoms with Crippen LogP contribution < -0.4 is 35.3 Å². The molecule has 1 aromatic heterocycles. The normalized spacial score (nSPS) is 14.7. The van der Waals surface area contributed by atoms with E-state index in [1.807, 2.05) is 125 Å². The van der Waals surface area contributed by atoms with Gasteiger partial charge >= 0.3 is 11.9 Å². The van der Waals surface area contributed by atoms with Gasteiger partial charge in [-0.2, -0.15) is 12.6 Å². The van der Waals surface area contributed by atoms with Gasteiger partial charge < -0.3 is 64.6 Å². The number of rotatable bonds is 37. The minimum atomic E-state index is -0.860. The summed E-state index contributed by atoms with van der Waals surface area (Å²) >= 11 is 3.80. The number of nitrogens with zero attached hydrogens (tertiary/aromatic N) is 4. The van der Waals surface area contributed by atoms with E-state index in [0.717, 1.165) is 52.6 Å². The van der Waals surface area contributed by atoms with Crippen LogP contribution in [0.25, 0.3) is 0 Å². The second-order valence-electron chi connectivity index (χ2n) is 26.4. The number of likely N-dealkylation sites (tertiary alicyclic amines) is 2. The molecule has 2 aliphatic heterocycles. The summed E-state index contributed by atoms with van der Waals surface area (Å²) in [5.74, 6) is 1.94. The van der Waals surface area contributed by atoms with Crippen molar-refractivity contribution in [2.24, 2.45) is 16.6 Å². The zero-order valence-electron chi connectivity index (χ0n) is 63.4. The number of thiol groups is 1. The molecule has 106 heavy (non-hydrogen) atoms. The Hall–Kier alpha value is -7.47. The van der Waals surface area contributed by atoms with Gasteiger partial charge in [0.05, 0.1) is 28.4 Å². The number of benzene rings is 4. The van der Waals surface area contributed by atoms with Gasteiger partial charge in [0, 0.05) is 90.4 Å². The van der Waals surface area contributed by atoms with Crippen LogP contribution in [0.2, 0.25) is 0 Å². The third-order valence-electron chi connectivity index (χ3n) is 17.8. The van der Waals surface area contributed by atoms with Crippen LogP contribution >= 0.6 is 55.8 Å². The number of ether oxygens (including phenoxy) is 6. The number of aromatic nitrogens is 1. The number of anilines is 2. The molecule has 28 heteroatoms. The summed E-state index contributed by atoms with van der Waals surface area (Å²) < 4.78 is 34.2. The second-order valence-corrected chi connectivity index (χ2v) is 32.0. The number of esters is 2. The van der Waals surface area contributed by atoms with Crippen LogP contribution in [-0.4, -0.2) is 182 Å². The molecule has 0 bridgehead atoms. The maximum absolute atomic E-state index is 13.9. The first-order valence-corrected chi connectivity index (χ1v) is 41.0. The Labute approximate surface area is 647 Å². The summed E-state index contributed by atoms with van der Waals surface area (Å²) in [6, 6.07) is 30.0. The Morgan fingerprint density at radius 3 is 1.42 bits per heavy atom. The van der Waals surface area contributed by atoms with Crippen molar-refractivity contribution in [3.8, 4) is 23.0 Å². The number of piperidine rings is 2. The standard InChI is InChI=1S/C38H47N3O7S2.C37H53N3O7S2.C2H7NS.CH2O2/c1-6-38(2,3)35(43)36(44)41-22-10-8-14-29(41)37(45)48-30(18-16-26-17-19-31(46-4)32(24-26)47-5)27-12-11-13-28(25-27)40-33(42)20-23-49-50-34-15-7-9-21-39-34;1-8-37(2,3)34(42)35(43)40-20-10-9-14-29(40)36(44)47-30(17-15-26-16-18-31(45-6)32(24-26)46-7)27-12-11-13-28(25-27)38-33(41)19-22-48-49-23-21-39(4)5;3-1-2-4;2-1-3/h7,9,11-13,15,17,19,21,24-25,29-30H,6,8,10,14,16,18,20,22-23H2,1-5H3,(H,40,42);11-13,16,18,24-25,29-30H,8-10,14-15,17,19-23H2,1-7H3,(H,38,41);4H,1-3H2;1H,(H,2,3)/t2*29-,30+;;/m00../s1. The number of amides is 4. The van der Waals surface area contributed by atoms with E-state index in [0.29, 0.717) is 148 Å². The van der Waals surface area contributed by atoms with E-state index in [4.69, 9.17) is 44.1 Å². The molecule has 0 radical (unpaired) electrons. The molecule has 4 atom stereocenters. The van der Waals surface area contributed by atoms with Gasteiger partial charge in [-0.05, 0) is 185 Å². The molecule has 0 spiro atoms. The van der Waals surface area contributed by atoms with E-state index in [9.17, 15) is 38.4 Å². The number of nitrogens with two attached hydrogens (primary N) is 1. The van der Waals surface area contributed by atoms with Crippen molar-refractivity contribution in [2.45, 2.75) is 161 Å². The highest BCUT2D eigenvalue weighted by Gasteiger charge is 2.43. The molecule has 2 aliphatic rings. The van der Waals surface area contributed by atoms with Crippen LogP contribution in [0, 0.1) is 10.8 Å². The van der Waals surface area contributed by atoms with Gasteiger partial charge in [-0.15, -0.1) is 0 Å². The van der Waals surface area contributed by atoms with Crippen LogP contribution in [-0.2, 0) is 65.5 Å². The maximum atomic E-state index is 13.9. The van der Waals surface area contributed by atoms with Gasteiger partial charge in [0.15, 0.2) is 23.0 Å². The van der Waals surface area contributed by atoms with E-state index in [-0.39, 0.29) is 18.3 Å². The number of pyridine rings is 1. The minimum Gasteiger partial charge on any atom is -0.493 e. The molecule has 0 aliphatic carbocycles. The molecule has 7 rings (SSSR count). The first-order chi connectivity index (χ1) is 50.8. The number of aryl methyl sites for hydroxylation is 2. The van der Waals surface area contributed by atoms with Crippen molar-refractivity contribution in [2.75, 3.05) is 102 Å². The molecule has 5 aromatic rings. The zero-order valence-corrected chi connectivity index (χ0v) is 67.5. The van der Waals surface area contributed by atoms with Crippen LogP contribution in [0.1, 0.15) is 153 Å². The van der Waals surface area contributed by atoms with Gasteiger partial charge in [0.25, 0.3) is 18.3 Å². The van der Waals surface area contributed by atoms with E-state index < -0.39 is 70.4 Å². The lowest BCUT2D eigenvalue weighted by Crippen LogP contribution is -2.53. The molecule has 4 aromatic carbocycles. The molecule has 2 fully saturated rings. The number of Topliss-reactive ketones (excluding diaryl/α,β-unsaturated/α-hetero) is 2. The maximum Gasteiger partial charge on any atom is 0.329 e. The fourth-order valence-electron chi connectivity index (χ4n) is 10.9. The second kappa shape index (κ2) is 48.8. The van der Waals surface area contributed by atoms with Crippen molar-refractivity contribution < 1.29 is 76.7 Å². The Morgan fingerprint density at radius 2 is 1.04 bits per heavy atom. The monoisotopic (exact) mass is 1560 g/mol. The summed E-state index contributed by atoms with van der Waals surface area (Å²) in [4.78, 5) is 124. The van der Waals surface area contributed by atoms with Crippen molar-refractivity contribution >= 4 is 121 Å². The van der Waals surface area contributed by atoms with Crippen LogP contribution in [0.15, 0.2) is 114 Å². The lowest BCUT2D eigenvalue weighted by Gasteiger charge is -2.36. The van der Waals surface area contributed by atoms with E-state index in [2.05, 4.69) is 33.1 Å². The molecule has 0 unspecified atom stereocenters. The minimum absolute atomic E-state index is 0.0900. The summed E-state index contributed by atoms with van der Waals surface area (Å²) in [5.41, 5.74) is 7.84. The molecular formula is C78H109N7O16S5.